The molecule has 3 N–H and O–H groups in total. The van der Waals surface area contributed by atoms with E-state index < -0.39 is 26.9 Å². The second kappa shape index (κ2) is 4.30. The monoisotopic (exact) mass is 235 g/mol. The van der Waals surface area contributed by atoms with Crippen molar-refractivity contribution >= 4 is 20.8 Å². The van der Waals surface area contributed by atoms with Crippen molar-refractivity contribution in [3.63, 3.8) is 0 Å². The Bertz CT molecular complexity index is 342. The van der Waals surface area contributed by atoms with Gasteiger partial charge in [0.05, 0.1) is 6.10 Å². The van der Waals surface area contributed by atoms with Crippen LogP contribution in [0, 0.1) is 0 Å². The molecule has 10 heteroatoms. The Morgan fingerprint density at radius 3 is 2.15 bits per heavy atom. The molecule has 0 radical (unpaired) electrons. The molecule has 0 aliphatic rings. The molecule has 0 aromatic carbocycles. The highest BCUT2D eigenvalue weighted by molar-refractivity contribution is 7.94. The lowest BCUT2D eigenvalue weighted by Crippen LogP contribution is -2.26. The van der Waals surface area contributed by atoms with Crippen molar-refractivity contribution in [1.82, 2.24) is 0 Å². The van der Waals surface area contributed by atoms with Crippen LogP contribution in [0.1, 0.15) is 6.92 Å². The number of hydrogen-bond donors (Lipinski definition) is 2. The molecule has 0 saturated carbocycles. The van der Waals surface area contributed by atoms with Crippen molar-refractivity contribution < 1.29 is 29.2 Å². The maximum absolute atomic E-state index is 10.6. The molecule has 0 fully saturated rings. The third kappa shape index (κ3) is 6.86. The molecule has 1 unspecified atom stereocenters. The van der Waals surface area contributed by atoms with Crippen LogP contribution in [0.3, 0.4) is 0 Å². The highest BCUT2D eigenvalue weighted by atomic mass is 32.3. The molecule has 80 valence electrons. The Labute approximate surface area is 75.9 Å². The molecule has 8 nitrogen and oxygen atoms in total. The smallest absolute Gasteiger partial charge is 0.328 e. The molecule has 0 aliphatic carbocycles. The maximum Gasteiger partial charge on any atom is 0.416 e. The third-order valence-electron chi connectivity index (χ3n) is 0.783. The van der Waals surface area contributed by atoms with Crippen molar-refractivity contribution in [3.8, 4) is 0 Å². The highest BCUT2D eigenvalue weighted by Crippen LogP contribution is 2.03. The van der Waals surface area contributed by atoms with Crippen LogP contribution in [-0.4, -0.2) is 34.0 Å². The van der Waals surface area contributed by atoms with Gasteiger partial charge >= 0.3 is 20.8 Å². The highest BCUT2D eigenvalue weighted by Gasteiger charge is 2.23. The largest absolute Gasteiger partial charge is 0.416 e. The molecule has 0 amide bonds. The van der Waals surface area contributed by atoms with Gasteiger partial charge in [0.25, 0.3) is 0 Å². The van der Waals surface area contributed by atoms with E-state index in [1.807, 2.05) is 0 Å². The van der Waals surface area contributed by atoms with E-state index in [-0.39, 0.29) is 6.54 Å². The fraction of sp³-hybridized carbons (Fsp3) is 1.00. The van der Waals surface area contributed by atoms with Crippen molar-refractivity contribution in [2.24, 2.45) is 5.73 Å². The lowest BCUT2D eigenvalue weighted by molar-refractivity contribution is 0.204. The average Bonchev–Trinajstić information content (AvgIpc) is 1.80. The van der Waals surface area contributed by atoms with Crippen molar-refractivity contribution in [2.75, 3.05) is 6.54 Å². The summed E-state index contributed by atoms with van der Waals surface area (Å²) in [7, 11) is -9.86. The molecule has 0 spiro atoms. The molecule has 0 rings (SSSR count). The van der Waals surface area contributed by atoms with Gasteiger partial charge in [-0.3, -0.25) is 4.55 Å². The summed E-state index contributed by atoms with van der Waals surface area (Å²) in [5.41, 5.74) is 4.99. The summed E-state index contributed by atoms with van der Waals surface area (Å²) >= 11 is 0. The van der Waals surface area contributed by atoms with Crippen molar-refractivity contribution in [2.45, 2.75) is 13.0 Å². The molecule has 0 aromatic heterocycles. The summed E-state index contributed by atoms with van der Waals surface area (Å²) in [4.78, 5) is 0. The number of nitrogens with two attached hydrogens (primary N) is 1. The Kier molecular flexibility index (Phi) is 4.22. The van der Waals surface area contributed by atoms with E-state index in [1.165, 1.54) is 6.92 Å². The van der Waals surface area contributed by atoms with Gasteiger partial charge in [0, 0.05) is 6.54 Å². The van der Waals surface area contributed by atoms with Crippen LogP contribution in [-0.2, 0) is 28.6 Å². The van der Waals surface area contributed by atoms with Crippen LogP contribution >= 0.6 is 0 Å². The van der Waals surface area contributed by atoms with E-state index in [0.29, 0.717) is 0 Å². The average molecular weight is 235 g/mol. The molecule has 1 atom stereocenters. The van der Waals surface area contributed by atoms with Crippen LogP contribution in [0.15, 0.2) is 0 Å². The van der Waals surface area contributed by atoms with Crippen LogP contribution in [0.4, 0.5) is 0 Å². The Balaban J connectivity index is 4.45. The summed E-state index contributed by atoms with van der Waals surface area (Å²) < 4.78 is 56.3. The summed E-state index contributed by atoms with van der Waals surface area (Å²) in [5.74, 6) is 0. The first-order valence-electron chi connectivity index (χ1n) is 2.98. The number of hydrogen-bond acceptors (Lipinski definition) is 7. The second-order valence-corrected chi connectivity index (χ2v) is 4.46. The van der Waals surface area contributed by atoms with Crippen molar-refractivity contribution in [1.29, 1.82) is 0 Å². The minimum Gasteiger partial charge on any atom is -0.328 e. The van der Waals surface area contributed by atoms with Crippen LogP contribution in [0.2, 0.25) is 0 Å². The molecular formula is C3H9NO7S2. The van der Waals surface area contributed by atoms with Gasteiger partial charge in [-0.25, -0.2) is 4.18 Å². The predicted molar refractivity (Wildman–Crippen MR) is 41.2 cm³/mol. The van der Waals surface area contributed by atoms with Gasteiger partial charge in [-0.15, -0.1) is 3.63 Å². The zero-order chi connectivity index (χ0) is 10.7. The van der Waals surface area contributed by atoms with Crippen molar-refractivity contribution in [3.05, 3.63) is 0 Å². The van der Waals surface area contributed by atoms with E-state index in [2.05, 4.69) is 7.81 Å². The van der Waals surface area contributed by atoms with Gasteiger partial charge in [0.1, 0.15) is 0 Å². The lowest BCUT2D eigenvalue weighted by Gasteiger charge is -2.07. The quantitative estimate of drug-likeness (QED) is 0.545. The topological polar surface area (TPSA) is 133 Å². The minimum absolute atomic E-state index is 0.145. The van der Waals surface area contributed by atoms with Gasteiger partial charge in [0.15, 0.2) is 0 Å². The lowest BCUT2D eigenvalue weighted by atomic mass is 10.4. The normalized spacial score (nSPS) is 15.6. The number of rotatable bonds is 5. The zero-order valence-corrected chi connectivity index (χ0v) is 8.21. The van der Waals surface area contributed by atoms with E-state index >= 15 is 0 Å². The van der Waals surface area contributed by atoms with E-state index in [9.17, 15) is 16.8 Å². The van der Waals surface area contributed by atoms with Gasteiger partial charge in [-0.1, -0.05) is 0 Å². The second-order valence-electron chi connectivity index (χ2n) is 2.05. The summed E-state index contributed by atoms with van der Waals surface area (Å²) in [6.07, 6.45) is -0.938. The molecule has 0 bridgehead atoms. The van der Waals surface area contributed by atoms with E-state index in [4.69, 9.17) is 10.3 Å². The first kappa shape index (κ1) is 12.7. The zero-order valence-electron chi connectivity index (χ0n) is 6.58. The van der Waals surface area contributed by atoms with Gasteiger partial charge in [-0.05, 0) is 6.92 Å². The Morgan fingerprint density at radius 1 is 1.38 bits per heavy atom. The van der Waals surface area contributed by atoms with Gasteiger partial charge in [0.2, 0.25) is 0 Å². The van der Waals surface area contributed by atoms with Crippen LogP contribution in [0.5, 0.6) is 0 Å². The molecule has 0 aliphatic heterocycles. The SMILES string of the molecule is CC(CN)OS(=O)(=O)OS(=O)(=O)O. The summed E-state index contributed by atoms with van der Waals surface area (Å²) in [5, 5.41) is 0. The summed E-state index contributed by atoms with van der Waals surface area (Å²) in [6, 6.07) is 0. The minimum atomic E-state index is -5.09. The van der Waals surface area contributed by atoms with Crippen LogP contribution in [0.25, 0.3) is 0 Å². The first-order chi connectivity index (χ1) is 5.66. The maximum atomic E-state index is 10.6. The standard InChI is InChI=1S/C3H9NO7S2/c1-3(2-4)10-13(8,9)11-12(5,6)7/h3H,2,4H2,1H3,(H,5,6,7). The van der Waals surface area contributed by atoms with Gasteiger partial charge < -0.3 is 5.73 Å². The first-order valence-corrected chi connectivity index (χ1v) is 5.68. The summed E-state index contributed by atoms with van der Waals surface area (Å²) in [6.45, 7) is 1.14. The molecule has 0 aromatic rings. The molecular weight excluding hydrogens is 226 g/mol. The Hall–Kier alpha value is -0.260. The molecule has 0 heterocycles. The fourth-order valence-corrected chi connectivity index (χ4v) is 1.81. The molecule has 13 heavy (non-hydrogen) atoms. The molecule has 0 saturated heterocycles. The third-order valence-corrected chi connectivity index (χ3v) is 2.70. The predicted octanol–water partition coefficient (Wildman–Crippen LogP) is -1.59. The Morgan fingerprint density at radius 2 is 1.85 bits per heavy atom. The van der Waals surface area contributed by atoms with E-state index in [0.717, 1.165) is 0 Å². The van der Waals surface area contributed by atoms with E-state index in [1.54, 1.807) is 0 Å². The fourth-order valence-electron chi connectivity index (χ4n) is 0.362. The van der Waals surface area contributed by atoms with Crippen LogP contribution < -0.4 is 5.73 Å². The van der Waals surface area contributed by atoms with Gasteiger partial charge in [-0.2, -0.15) is 16.8 Å².